The van der Waals surface area contributed by atoms with Crippen LogP contribution in [0.3, 0.4) is 0 Å². The predicted molar refractivity (Wildman–Crippen MR) is 57.1 cm³/mol. The molecule has 0 aromatic heterocycles. The van der Waals surface area contributed by atoms with Crippen LogP contribution in [0.25, 0.3) is 0 Å². The van der Waals surface area contributed by atoms with E-state index < -0.39 is 63.3 Å². The number of alkyl halides is 18. The minimum Gasteiger partial charge on any atom is -0.283 e. The van der Waals surface area contributed by atoms with E-state index in [9.17, 15) is 87.4 Å². The molecule has 1 atom stereocenters. The Kier molecular flexibility index (Phi) is 6.76. The summed E-state index contributed by atoms with van der Waals surface area (Å²) in [7, 11) is -7.24. The van der Waals surface area contributed by atoms with Gasteiger partial charge in [0.2, 0.25) is 0 Å². The molecule has 1 N–H and O–H groups in total. The molecule has 188 valence electrons. The third kappa shape index (κ3) is 3.75. The molecule has 31 heavy (non-hydrogen) atoms. The fourth-order valence-corrected chi connectivity index (χ4v) is 2.03. The molecule has 0 aliphatic carbocycles. The molecule has 3 nitrogen and oxygen atoms in total. The van der Waals surface area contributed by atoms with Gasteiger partial charge in [0.1, 0.15) is 0 Å². The first-order chi connectivity index (χ1) is 12.9. The summed E-state index contributed by atoms with van der Waals surface area (Å²) in [5, 5.41) is 0. The lowest BCUT2D eigenvalue weighted by Crippen LogP contribution is -2.75. The molecule has 0 rings (SSSR count). The zero-order chi connectivity index (χ0) is 26.1. The van der Waals surface area contributed by atoms with Gasteiger partial charge in [-0.1, -0.05) is 0 Å². The van der Waals surface area contributed by atoms with E-state index in [0.717, 1.165) is 0 Å². The third-order valence-electron chi connectivity index (χ3n) is 3.29. The highest BCUT2D eigenvalue weighted by atomic mass is 32.2. The highest BCUT2D eigenvalue weighted by molar-refractivity contribution is 7.86. The van der Waals surface area contributed by atoms with Gasteiger partial charge in [-0.2, -0.15) is 83.1 Å². The summed E-state index contributed by atoms with van der Waals surface area (Å²) in [6.07, 6.45) is -7.92. The fraction of sp³-hybridized carbons (Fsp3) is 1.00. The number of hydrogen-bond donors (Lipinski definition) is 1. The van der Waals surface area contributed by atoms with Gasteiger partial charge in [0.05, 0.1) is 0 Å². The smallest absolute Gasteiger partial charge is 0.283 e. The lowest BCUT2D eigenvalue weighted by molar-refractivity contribution is -0.462. The van der Waals surface area contributed by atoms with Crippen molar-refractivity contribution in [1.82, 2.24) is 0 Å². The Hall–Kier alpha value is -1.35. The van der Waals surface area contributed by atoms with E-state index in [-0.39, 0.29) is 0 Å². The second-order valence-electron chi connectivity index (χ2n) is 5.40. The molecule has 0 aliphatic heterocycles. The Morgan fingerprint density at radius 3 is 0.935 bits per heavy atom. The summed E-state index contributed by atoms with van der Waals surface area (Å²) < 4.78 is 258. The van der Waals surface area contributed by atoms with Gasteiger partial charge in [0.25, 0.3) is 5.50 Å². The molecule has 0 aromatic carbocycles. The van der Waals surface area contributed by atoms with E-state index in [2.05, 4.69) is 0 Å². The van der Waals surface area contributed by atoms with Crippen molar-refractivity contribution in [3.63, 3.8) is 0 Å². The summed E-state index contributed by atoms with van der Waals surface area (Å²) >= 11 is 0. The third-order valence-corrected chi connectivity index (χ3v) is 4.11. The van der Waals surface area contributed by atoms with Gasteiger partial charge in [-0.05, 0) is 0 Å². The first-order valence-corrected chi connectivity index (χ1v) is 7.72. The quantitative estimate of drug-likeness (QED) is 0.347. The van der Waals surface area contributed by atoms with Gasteiger partial charge in [-0.25, -0.2) is 4.39 Å². The number of hydrogen-bond acceptors (Lipinski definition) is 2. The predicted octanol–water partition coefficient (Wildman–Crippen LogP) is 5.18. The van der Waals surface area contributed by atoms with Crippen LogP contribution in [0.2, 0.25) is 0 Å². The van der Waals surface area contributed by atoms with Gasteiger partial charge < -0.3 is 0 Å². The highest BCUT2D eigenvalue weighted by Gasteiger charge is 2.96. The van der Waals surface area contributed by atoms with Crippen molar-refractivity contribution in [2.75, 3.05) is 0 Å². The van der Waals surface area contributed by atoms with Gasteiger partial charge in [-0.3, -0.25) is 4.55 Å². The van der Waals surface area contributed by atoms with Gasteiger partial charge in [0, 0.05) is 0 Å². The number of rotatable bonds is 8. The van der Waals surface area contributed by atoms with Gasteiger partial charge in [-0.15, -0.1) is 0 Å². The molecule has 0 aliphatic rings. The van der Waals surface area contributed by atoms with E-state index in [4.69, 9.17) is 4.55 Å². The second-order valence-corrected chi connectivity index (χ2v) is 6.84. The second kappa shape index (κ2) is 7.07. The molecule has 1 unspecified atom stereocenters. The van der Waals surface area contributed by atoms with Crippen LogP contribution in [0.1, 0.15) is 0 Å². The van der Waals surface area contributed by atoms with Crippen molar-refractivity contribution in [2.24, 2.45) is 0 Å². The van der Waals surface area contributed by atoms with Crippen LogP contribution in [0.5, 0.6) is 0 Å². The van der Waals surface area contributed by atoms with E-state index >= 15 is 0 Å². The minimum absolute atomic E-state index is 6.03. The molecule has 0 spiro atoms. The minimum atomic E-state index is -8.97. The van der Waals surface area contributed by atoms with Crippen LogP contribution >= 0.6 is 0 Å². The zero-order valence-electron chi connectivity index (χ0n) is 13.1. The molecule has 0 radical (unpaired) electrons. The summed E-state index contributed by atoms with van der Waals surface area (Å²) in [6.45, 7) is 0. The van der Waals surface area contributed by atoms with E-state index in [1.54, 1.807) is 0 Å². The summed E-state index contributed by atoms with van der Waals surface area (Å²) in [5.41, 5.74) is -6.03. The lowest BCUT2D eigenvalue weighted by Gasteiger charge is -2.42. The largest absolute Gasteiger partial charge is 0.460 e. The van der Waals surface area contributed by atoms with Crippen molar-refractivity contribution in [1.29, 1.82) is 0 Å². The molecule has 0 fully saturated rings. The Morgan fingerprint density at radius 1 is 0.484 bits per heavy atom. The van der Waals surface area contributed by atoms with Crippen molar-refractivity contribution in [3.8, 4) is 0 Å². The fourth-order valence-electron chi connectivity index (χ4n) is 1.51. The first kappa shape index (κ1) is 29.7. The van der Waals surface area contributed by atoms with Crippen molar-refractivity contribution >= 4 is 10.1 Å². The lowest BCUT2D eigenvalue weighted by atomic mass is 9.89. The van der Waals surface area contributed by atoms with Crippen LogP contribution in [-0.4, -0.2) is 66.1 Å². The van der Waals surface area contributed by atoms with E-state index in [0.29, 0.717) is 0 Å². The van der Waals surface area contributed by atoms with Crippen molar-refractivity contribution in [3.05, 3.63) is 0 Å². The Morgan fingerprint density at radius 2 is 0.710 bits per heavy atom. The molecule has 0 bridgehead atoms. The molecule has 0 saturated heterocycles. The van der Waals surface area contributed by atoms with E-state index in [1.165, 1.54) is 0 Å². The van der Waals surface area contributed by atoms with Crippen LogP contribution < -0.4 is 0 Å². The van der Waals surface area contributed by atoms with Crippen molar-refractivity contribution in [2.45, 2.75) is 53.1 Å². The van der Waals surface area contributed by atoms with Crippen LogP contribution in [0.15, 0.2) is 0 Å². The van der Waals surface area contributed by atoms with Gasteiger partial charge >= 0.3 is 57.8 Å². The highest BCUT2D eigenvalue weighted by Crippen LogP contribution is 2.64. The average molecular weight is 532 g/mol. The topological polar surface area (TPSA) is 54.4 Å². The monoisotopic (exact) mass is 532 g/mol. The molecule has 0 heterocycles. The number of halogens is 18. The van der Waals surface area contributed by atoms with Crippen LogP contribution in [-0.2, 0) is 10.1 Å². The standard InChI is InChI=1S/C9H2F18O3S/c10-1(31(28,29)30)2(11,12)3(13,14)4(15,16)5(17,18)6(19,20)7(21,22)8(23,24)9(25,26)27/h1H,(H,28,29,30). The maximum Gasteiger partial charge on any atom is 0.460 e. The first-order valence-electron chi connectivity index (χ1n) is 6.22. The molecule has 0 aromatic rings. The average Bonchev–Trinajstić information content (AvgIpc) is 2.50. The van der Waals surface area contributed by atoms with Crippen LogP contribution in [0, 0.1) is 0 Å². The van der Waals surface area contributed by atoms with Gasteiger partial charge in [0.15, 0.2) is 0 Å². The molecule has 0 saturated carbocycles. The molecule has 22 heteroatoms. The normalized spacial score (nSPS) is 17.6. The van der Waals surface area contributed by atoms with Crippen LogP contribution in [0.4, 0.5) is 79.0 Å². The zero-order valence-corrected chi connectivity index (χ0v) is 13.9. The summed E-state index contributed by atoms with van der Waals surface area (Å²) in [5.74, 6) is -60.2. The summed E-state index contributed by atoms with van der Waals surface area (Å²) in [6, 6.07) is 0. The maximum absolute atomic E-state index is 13.2. The summed E-state index contributed by atoms with van der Waals surface area (Å²) in [4.78, 5) is 0. The SMILES string of the molecule is O=S(=O)(O)C(F)C(F)(F)C(F)(F)C(F)(F)C(F)(F)C(F)(F)C(F)(F)C(F)(F)C(F)(F)F. The Bertz CT molecular complexity index is 780. The van der Waals surface area contributed by atoms with Crippen molar-refractivity contribution < 1.29 is 92.0 Å². The van der Waals surface area contributed by atoms with E-state index in [1.807, 2.05) is 0 Å². The molecule has 0 amide bonds. The molecular weight excluding hydrogens is 530 g/mol. The Labute approximate surface area is 156 Å². The maximum atomic E-state index is 13.2. The molecular formula is C9H2F18O3S. The Balaban J connectivity index is 6.91.